The fraction of sp³-hybridized carbons (Fsp3) is 0.615. The van der Waals surface area contributed by atoms with Gasteiger partial charge >= 0.3 is 6.18 Å². The second kappa shape index (κ2) is 6.78. The second-order valence-corrected chi connectivity index (χ2v) is 4.88. The summed E-state index contributed by atoms with van der Waals surface area (Å²) in [5.74, 6) is 0.417. The van der Waals surface area contributed by atoms with Crippen LogP contribution in [0.2, 0.25) is 0 Å². The Morgan fingerprint density at radius 3 is 2.35 bits per heavy atom. The monoisotopic (exact) mass is 290 g/mol. The molecule has 1 aromatic rings. The molecule has 0 saturated carbocycles. The maximum atomic E-state index is 12.7. The molecule has 1 heterocycles. The van der Waals surface area contributed by atoms with Crippen molar-refractivity contribution in [2.45, 2.75) is 26.1 Å². The van der Waals surface area contributed by atoms with Crippen LogP contribution in [0, 0.1) is 0 Å². The van der Waals surface area contributed by atoms with E-state index in [1.165, 1.54) is 0 Å². The van der Waals surface area contributed by atoms with Crippen LogP contribution in [-0.2, 0) is 6.18 Å². The van der Waals surface area contributed by atoms with Crippen molar-refractivity contribution in [2.75, 3.05) is 37.8 Å². The van der Waals surface area contributed by atoms with Gasteiger partial charge in [0.25, 0.3) is 0 Å². The van der Waals surface area contributed by atoms with E-state index in [0.29, 0.717) is 12.6 Å². The Morgan fingerprint density at radius 2 is 1.85 bits per heavy atom. The minimum atomic E-state index is -4.38. The Balaban J connectivity index is 2.75. The molecular weight excluding hydrogens is 269 g/mol. The van der Waals surface area contributed by atoms with Crippen molar-refractivity contribution in [3.8, 4) is 0 Å². The standard InChI is InChI=1S/C13H21F3N4/c1-9(2)20(4)6-5-18-12-8-10(13(14,15)16)7-11(17-3)19-12/h7-9H,5-6H2,1-4H3,(H2,17,18,19). The lowest BCUT2D eigenvalue weighted by atomic mass is 10.2. The van der Waals surface area contributed by atoms with Crippen LogP contribution in [0.25, 0.3) is 0 Å². The molecule has 20 heavy (non-hydrogen) atoms. The van der Waals surface area contributed by atoms with Gasteiger partial charge in [0.15, 0.2) is 0 Å². The fourth-order valence-corrected chi connectivity index (χ4v) is 1.53. The van der Waals surface area contributed by atoms with Crippen LogP contribution in [0.3, 0.4) is 0 Å². The summed E-state index contributed by atoms with van der Waals surface area (Å²) in [6.45, 7) is 5.37. The molecule has 0 fully saturated rings. The van der Waals surface area contributed by atoms with Crippen LogP contribution in [0.4, 0.5) is 24.8 Å². The summed E-state index contributed by atoms with van der Waals surface area (Å²) >= 11 is 0. The molecule has 0 amide bonds. The van der Waals surface area contributed by atoms with Gasteiger partial charge in [-0.15, -0.1) is 0 Å². The predicted octanol–water partition coefficient (Wildman–Crippen LogP) is 2.89. The minimum absolute atomic E-state index is 0.194. The zero-order chi connectivity index (χ0) is 15.3. The molecule has 0 bridgehead atoms. The highest BCUT2D eigenvalue weighted by Gasteiger charge is 2.31. The number of nitrogens with zero attached hydrogens (tertiary/aromatic N) is 2. The maximum Gasteiger partial charge on any atom is 0.416 e. The average Bonchev–Trinajstić information content (AvgIpc) is 2.37. The molecule has 0 aliphatic carbocycles. The van der Waals surface area contributed by atoms with E-state index < -0.39 is 11.7 Å². The van der Waals surface area contributed by atoms with Crippen molar-refractivity contribution in [1.29, 1.82) is 0 Å². The van der Waals surface area contributed by atoms with Gasteiger partial charge in [-0.2, -0.15) is 13.2 Å². The van der Waals surface area contributed by atoms with Crippen molar-refractivity contribution < 1.29 is 13.2 Å². The molecule has 0 aromatic carbocycles. The van der Waals surface area contributed by atoms with Gasteiger partial charge in [0, 0.05) is 26.2 Å². The van der Waals surface area contributed by atoms with Crippen molar-refractivity contribution >= 4 is 11.6 Å². The Kier molecular flexibility index (Phi) is 5.62. The molecule has 2 N–H and O–H groups in total. The first-order chi connectivity index (χ1) is 9.24. The van der Waals surface area contributed by atoms with Crippen LogP contribution >= 0.6 is 0 Å². The first-order valence-electron chi connectivity index (χ1n) is 6.45. The van der Waals surface area contributed by atoms with E-state index in [9.17, 15) is 13.2 Å². The summed E-state index contributed by atoms with van der Waals surface area (Å²) in [5.41, 5.74) is -0.712. The summed E-state index contributed by atoms with van der Waals surface area (Å²) in [4.78, 5) is 6.16. The number of anilines is 2. The molecule has 1 rings (SSSR count). The number of aromatic nitrogens is 1. The minimum Gasteiger partial charge on any atom is -0.373 e. The van der Waals surface area contributed by atoms with Crippen LogP contribution in [0.1, 0.15) is 19.4 Å². The zero-order valence-electron chi connectivity index (χ0n) is 12.2. The lowest BCUT2D eigenvalue weighted by molar-refractivity contribution is -0.137. The molecule has 114 valence electrons. The highest BCUT2D eigenvalue weighted by molar-refractivity contribution is 5.49. The molecule has 0 unspecified atom stereocenters. The third-order valence-electron chi connectivity index (χ3n) is 3.06. The Morgan fingerprint density at radius 1 is 1.25 bits per heavy atom. The Bertz CT molecular complexity index is 432. The summed E-state index contributed by atoms with van der Waals surface area (Å²) in [5, 5.41) is 5.56. The molecule has 0 spiro atoms. The van der Waals surface area contributed by atoms with Crippen LogP contribution < -0.4 is 10.6 Å². The van der Waals surface area contributed by atoms with E-state index in [-0.39, 0.29) is 11.6 Å². The molecule has 0 saturated heterocycles. The van der Waals surface area contributed by atoms with Crippen molar-refractivity contribution in [3.63, 3.8) is 0 Å². The van der Waals surface area contributed by atoms with Crippen LogP contribution in [0.5, 0.6) is 0 Å². The summed E-state index contributed by atoms with van der Waals surface area (Å²) < 4.78 is 38.2. The number of alkyl halides is 3. The topological polar surface area (TPSA) is 40.2 Å². The average molecular weight is 290 g/mol. The number of likely N-dealkylation sites (N-methyl/N-ethyl adjacent to an activating group) is 1. The fourth-order valence-electron chi connectivity index (χ4n) is 1.53. The van der Waals surface area contributed by atoms with Gasteiger partial charge in [-0.25, -0.2) is 4.98 Å². The predicted molar refractivity (Wildman–Crippen MR) is 75.0 cm³/mol. The molecule has 1 aromatic heterocycles. The second-order valence-electron chi connectivity index (χ2n) is 4.88. The third-order valence-corrected chi connectivity index (χ3v) is 3.06. The van der Waals surface area contributed by atoms with E-state index >= 15 is 0 Å². The molecule has 0 aliphatic heterocycles. The first-order valence-corrected chi connectivity index (χ1v) is 6.45. The summed E-state index contributed by atoms with van der Waals surface area (Å²) in [6.07, 6.45) is -4.38. The van der Waals surface area contributed by atoms with Gasteiger partial charge in [-0.1, -0.05) is 0 Å². The Hall–Kier alpha value is -1.50. The normalized spacial score (nSPS) is 12.1. The van der Waals surface area contributed by atoms with Gasteiger partial charge < -0.3 is 15.5 Å². The lowest BCUT2D eigenvalue weighted by Crippen LogP contribution is -2.31. The largest absolute Gasteiger partial charge is 0.416 e. The number of pyridine rings is 1. The molecule has 0 radical (unpaired) electrons. The highest BCUT2D eigenvalue weighted by atomic mass is 19.4. The van der Waals surface area contributed by atoms with Crippen LogP contribution in [0.15, 0.2) is 12.1 Å². The number of rotatable bonds is 6. The quantitative estimate of drug-likeness (QED) is 0.845. The third kappa shape index (κ3) is 4.88. The van der Waals surface area contributed by atoms with Crippen molar-refractivity contribution in [1.82, 2.24) is 9.88 Å². The van der Waals surface area contributed by atoms with E-state index in [1.807, 2.05) is 7.05 Å². The number of hydrogen-bond donors (Lipinski definition) is 2. The van der Waals surface area contributed by atoms with Gasteiger partial charge in [0.1, 0.15) is 11.6 Å². The molecule has 0 atom stereocenters. The summed E-state index contributed by atoms with van der Waals surface area (Å²) in [7, 11) is 3.50. The van der Waals surface area contributed by atoms with E-state index in [2.05, 4.69) is 34.4 Å². The molecule has 7 heteroatoms. The van der Waals surface area contributed by atoms with Crippen LogP contribution in [-0.4, -0.2) is 43.1 Å². The van der Waals surface area contributed by atoms with E-state index in [4.69, 9.17) is 0 Å². The zero-order valence-corrected chi connectivity index (χ0v) is 12.2. The maximum absolute atomic E-state index is 12.7. The number of hydrogen-bond acceptors (Lipinski definition) is 4. The number of nitrogens with one attached hydrogen (secondary N) is 2. The lowest BCUT2D eigenvalue weighted by Gasteiger charge is -2.21. The van der Waals surface area contributed by atoms with E-state index in [0.717, 1.165) is 18.7 Å². The summed E-state index contributed by atoms with van der Waals surface area (Å²) in [6, 6.07) is 2.40. The molecule has 0 aliphatic rings. The van der Waals surface area contributed by atoms with Gasteiger partial charge in [0.05, 0.1) is 5.56 Å². The van der Waals surface area contributed by atoms with Gasteiger partial charge in [-0.3, -0.25) is 0 Å². The highest BCUT2D eigenvalue weighted by Crippen LogP contribution is 2.31. The van der Waals surface area contributed by atoms with Crippen molar-refractivity contribution in [2.24, 2.45) is 0 Å². The van der Waals surface area contributed by atoms with Gasteiger partial charge in [0.2, 0.25) is 0 Å². The van der Waals surface area contributed by atoms with Gasteiger partial charge in [-0.05, 0) is 33.0 Å². The molecular formula is C13H21F3N4. The SMILES string of the molecule is CNc1cc(C(F)(F)F)cc(NCCN(C)C(C)C)n1. The van der Waals surface area contributed by atoms with Crippen molar-refractivity contribution in [3.05, 3.63) is 17.7 Å². The molecule has 4 nitrogen and oxygen atoms in total. The smallest absolute Gasteiger partial charge is 0.373 e. The Labute approximate surface area is 117 Å². The van der Waals surface area contributed by atoms with E-state index in [1.54, 1.807) is 7.05 Å². The number of halogens is 3. The first kappa shape index (κ1) is 16.6.